The van der Waals surface area contributed by atoms with Crippen LogP contribution in [-0.2, 0) is 5.54 Å². The van der Waals surface area contributed by atoms with E-state index < -0.39 is 5.54 Å². The summed E-state index contributed by atoms with van der Waals surface area (Å²) in [5.74, 6) is -0.493. The number of pyridine rings is 1. The molecule has 0 fully saturated rings. The Balaban J connectivity index is 1.53. The van der Waals surface area contributed by atoms with Crippen molar-refractivity contribution in [1.29, 1.82) is 0 Å². The molecule has 0 atom stereocenters. The molecule has 2 N–H and O–H groups in total. The van der Waals surface area contributed by atoms with Crippen LogP contribution < -0.4 is 5.73 Å². The molecule has 8 heteroatoms. The molecule has 0 amide bonds. The quantitative estimate of drug-likeness (QED) is 0.440. The van der Waals surface area contributed by atoms with Crippen LogP contribution in [0.4, 0.5) is 14.7 Å². The van der Waals surface area contributed by atoms with Crippen LogP contribution in [0.15, 0.2) is 73.2 Å². The summed E-state index contributed by atoms with van der Waals surface area (Å²) in [7, 11) is 0. The first-order valence-electron chi connectivity index (χ1n) is 10.1. The van der Waals surface area contributed by atoms with Crippen molar-refractivity contribution in [1.82, 2.24) is 24.4 Å². The Morgan fingerprint density at radius 1 is 0.938 bits per heavy atom. The lowest BCUT2D eigenvalue weighted by atomic mass is 9.94. The van der Waals surface area contributed by atoms with E-state index in [2.05, 4.69) is 15.2 Å². The third kappa shape index (κ3) is 3.30. The molecular formula is C24H20F2N6. The molecule has 0 aliphatic heterocycles. The Morgan fingerprint density at radius 3 is 2.41 bits per heavy atom. The maximum absolute atomic E-state index is 15.6. The molecule has 160 valence electrons. The molecule has 32 heavy (non-hydrogen) atoms. The van der Waals surface area contributed by atoms with Crippen LogP contribution in [0.2, 0.25) is 0 Å². The molecule has 2 aromatic carbocycles. The van der Waals surface area contributed by atoms with Gasteiger partial charge < -0.3 is 5.73 Å². The molecule has 0 saturated carbocycles. The minimum atomic E-state index is -0.543. The Hall–Kier alpha value is -4.07. The highest BCUT2D eigenvalue weighted by Crippen LogP contribution is 2.33. The normalized spacial score (nSPS) is 11.9. The number of nitrogen functional groups attached to an aromatic ring is 1. The van der Waals surface area contributed by atoms with E-state index >= 15 is 4.39 Å². The van der Waals surface area contributed by atoms with Crippen molar-refractivity contribution in [2.24, 2.45) is 0 Å². The van der Waals surface area contributed by atoms with Crippen molar-refractivity contribution >= 4 is 11.6 Å². The van der Waals surface area contributed by atoms with E-state index in [0.29, 0.717) is 27.9 Å². The lowest BCUT2D eigenvalue weighted by molar-refractivity contribution is 0.390. The van der Waals surface area contributed by atoms with Crippen LogP contribution in [0.25, 0.3) is 27.9 Å². The average Bonchev–Trinajstić information content (AvgIpc) is 3.40. The van der Waals surface area contributed by atoms with Gasteiger partial charge in [0, 0.05) is 29.1 Å². The SMILES string of the molecule is CC(C)(c1ccc(F)cc1)n1cc(-c2cccc(-c3ccn4nc(N)nc4c3)c2F)cn1. The van der Waals surface area contributed by atoms with Gasteiger partial charge in [0.2, 0.25) is 5.95 Å². The van der Waals surface area contributed by atoms with Crippen LogP contribution in [0, 0.1) is 11.6 Å². The summed E-state index contributed by atoms with van der Waals surface area (Å²) >= 11 is 0. The molecule has 0 aliphatic rings. The highest BCUT2D eigenvalue weighted by atomic mass is 19.1. The second-order valence-corrected chi connectivity index (χ2v) is 8.09. The minimum Gasteiger partial charge on any atom is -0.366 e. The predicted octanol–water partition coefficient (Wildman–Crippen LogP) is 4.90. The number of nitrogens with zero attached hydrogens (tertiary/aromatic N) is 5. The van der Waals surface area contributed by atoms with Gasteiger partial charge in [-0.15, -0.1) is 5.10 Å². The fraction of sp³-hybridized carbons (Fsp3) is 0.125. The molecule has 3 aromatic heterocycles. The summed E-state index contributed by atoms with van der Waals surface area (Å²) in [6.07, 6.45) is 5.13. The number of rotatable bonds is 4. The second-order valence-electron chi connectivity index (χ2n) is 8.09. The van der Waals surface area contributed by atoms with Gasteiger partial charge in [0.25, 0.3) is 0 Å². The number of nitrogens with two attached hydrogens (primary N) is 1. The van der Waals surface area contributed by atoms with E-state index in [1.807, 2.05) is 13.8 Å². The van der Waals surface area contributed by atoms with Gasteiger partial charge in [0.1, 0.15) is 11.6 Å². The summed E-state index contributed by atoms with van der Waals surface area (Å²) in [6.45, 7) is 3.95. The average molecular weight is 430 g/mol. The van der Waals surface area contributed by atoms with Crippen LogP contribution in [0.1, 0.15) is 19.4 Å². The molecule has 0 unspecified atom stereocenters. The monoisotopic (exact) mass is 430 g/mol. The molecule has 5 aromatic rings. The lowest BCUT2D eigenvalue weighted by Crippen LogP contribution is -2.28. The number of hydrogen-bond donors (Lipinski definition) is 1. The lowest BCUT2D eigenvalue weighted by Gasteiger charge is -2.26. The first-order chi connectivity index (χ1) is 15.3. The van der Waals surface area contributed by atoms with E-state index in [4.69, 9.17) is 5.73 Å². The molecule has 6 nitrogen and oxygen atoms in total. The number of hydrogen-bond acceptors (Lipinski definition) is 4. The van der Waals surface area contributed by atoms with E-state index in [-0.39, 0.29) is 17.6 Å². The second kappa shape index (κ2) is 7.26. The van der Waals surface area contributed by atoms with Crippen molar-refractivity contribution < 1.29 is 8.78 Å². The molecule has 0 saturated heterocycles. The molecule has 0 aliphatic carbocycles. The van der Waals surface area contributed by atoms with E-state index in [1.54, 1.807) is 70.3 Å². The largest absolute Gasteiger partial charge is 0.366 e. The summed E-state index contributed by atoms with van der Waals surface area (Å²) in [5, 5.41) is 8.52. The van der Waals surface area contributed by atoms with Crippen LogP contribution >= 0.6 is 0 Å². The van der Waals surface area contributed by atoms with Crippen molar-refractivity contribution in [2.75, 3.05) is 5.73 Å². The highest BCUT2D eigenvalue weighted by Gasteiger charge is 2.25. The van der Waals surface area contributed by atoms with Gasteiger partial charge in [-0.2, -0.15) is 10.1 Å². The van der Waals surface area contributed by atoms with Crippen LogP contribution in [0.3, 0.4) is 0 Å². The van der Waals surface area contributed by atoms with E-state index in [1.165, 1.54) is 12.1 Å². The molecule has 0 radical (unpaired) electrons. The number of benzene rings is 2. The summed E-state index contributed by atoms with van der Waals surface area (Å²) in [4.78, 5) is 4.14. The smallest absolute Gasteiger partial charge is 0.240 e. The standard InChI is InChI=1S/C24H20F2N6/c1-24(2,17-6-8-18(25)9-7-17)32-14-16(13-28-32)20-5-3-4-19(22(20)26)15-10-11-31-21(12-15)29-23(27)30-31/h3-14H,1-2H3,(H2,27,30). The first kappa shape index (κ1) is 19.9. The Labute approximate surface area is 183 Å². The fourth-order valence-electron chi connectivity index (χ4n) is 3.80. The van der Waals surface area contributed by atoms with Crippen molar-refractivity contribution in [3.05, 3.63) is 90.4 Å². The number of halogens is 2. The highest BCUT2D eigenvalue weighted by molar-refractivity contribution is 5.75. The topological polar surface area (TPSA) is 74.0 Å². The zero-order valence-corrected chi connectivity index (χ0v) is 17.5. The molecule has 0 bridgehead atoms. The predicted molar refractivity (Wildman–Crippen MR) is 119 cm³/mol. The van der Waals surface area contributed by atoms with Gasteiger partial charge in [-0.3, -0.25) is 4.68 Å². The van der Waals surface area contributed by atoms with Crippen molar-refractivity contribution in [3.63, 3.8) is 0 Å². The molecule has 5 rings (SSSR count). The van der Waals surface area contributed by atoms with Crippen molar-refractivity contribution in [2.45, 2.75) is 19.4 Å². The first-order valence-corrected chi connectivity index (χ1v) is 10.1. The molecular weight excluding hydrogens is 410 g/mol. The van der Waals surface area contributed by atoms with E-state index in [0.717, 1.165) is 5.56 Å². The third-order valence-electron chi connectivity index (χ3n) is 5.68. The number of aromatic nitrogens is 5. The molecule has 0 spiro atoms. The maximum Gasteiger partial charge on any atom is 0.240 e. The van der Waals surface area contributed by atoms with Gasteiger partial charge in [0.05, 0.1) is 11.7 Å². The Morgan fingerprint density at radius 2 is 1.66 bits per heavy atom. The van der Waals surface area contributed by atoms with E-state index in [9.17, 15) is 4.39 Å². The Kier molecular flexibility index (Phi) is 4.51. The maximum atomic E-state index is 15.6. The van der Waals surface area contributed by atoms with Crippen LogP contribution in [-0.4, -0.2) is 24.4 Å². The summed E-state index contributed by atoms with van der Waals surface area (Å²) in [6, 6.07) is 15.1. The van der Waals surface area contributed by atoms with Gasteiger partial charge >= 0.3 is 0 Å². The third-order valence-corrected chi connectivity index (χ3v) is 5.68. The van der Waals surface area contributed by atoms with Gasteiger partial charge in [-0.1, -0.05) is 30.3 Å². The van der Waals surface area contributed by atoms with Gasteiger partial charge in [0.15, 0.2) is 5.65 Å². The Bertz CT molecular complexity index is 1430. The summed E-state index contributed by atoms with van der Waals surface area (Å²) in [5.41, 5.74) is 8.73. The molecule has 3 heterocycles. The summed E-state index contributed by atoms with van der Waals surface area (Å²) < 4.78 is 32.2. The fourth-order valence-corrected chi connectivity index (χ4v) is 3.80. The minimum absolute atomic E-state index is 0.160. The van der Waals surface area contributed by atoms with Gasteiger partial charge in [-0.05, 0) is 49.2 Å². The number of anilines is 1. The van der Waals surface area contributed by atoms with Crippen LogP contribution in [0.5, 0.6) is 0 Å². The van der Waals surface area contributed by atoms with Gasteiger partial charge in [-0.25, -0.2) is 13.3 Å². The van der Waals surface area contributed by atoms with Crippen molar-refractivity contribution in [3.8, 4) is 22.3 Å². The zero-order valence-electron chi connectivity index (χ0n) is 17.5. The number of fused-ring (bicyclic) bond motifs is 1. The zero-order chi connectivity index (χ0) is 22.5.